The Morgan fingerprint density at radius 2 is 1.95 bits per heavy atom. The number of hydrogen-bond donors (Lipinski definition) is 1. The van der Waals surface area contributed by atoms with Gasteiger partial charge in [0.2, 0.25) is 0 Å². The smallest absolute Gasteiger partial charge is 0.193 e. The second-order valence-corrected chi connectivity index (χ2v) is 11.7. The first kappa shape index (κ1) is 17.5. The molecule has 0 aliphatic rings. The lowest BCUT2D eigenvalue weighted by atomic mass is 10.1. The average Bonchev–Trinajstić information content (AvgIpc) is 2.85. The Kier molecular flexibility index (Phi) is 6.49. The summed E-state index contributed by atoms with van der Waals surface area (Å²) in [7, 11) is -1.80. The molecule has 0 aromatic carbocycles. The van der Waals surface area contributed by atoms with Gasteiger partial charge in [0.25, 0.3) is 0 Å². The van der Waals surface area contributed by atoms with Gasteiger partial charge in [0.05, 0.1) is 6.26 Å². The Balaban J connectivity index is 2.69. The predicted molar refractivity (Wildman–Crippen MR) is 85.3 cm³/mol. The molecule has 0 radical (unpaired) electrons. The van der Waals surface area contributed by atoms with Gasteiger partial charge < -0.3 is 13.9 Å². The van der Waals surface area contributed by atoms with Crippen molar-refractivity contribution in [2.75, 3.05) is 6.61 Å². The van der Waals surface area contributed by atoms with Gasteiger partial charge in [-0.25, -0.2) is 0 Å². The third-order valence-electron chi connectivity index (χ3n) is 4.23. The van der Waals surface area contributed by atoms with E-state index in [1.807, 2.05) is 12.1 Å². The molecule has 1 unspecified atom stereocenters. The quantitative estimate of drug-likeness (QED) is 0.548. The van der Waals surface area contributed by atoms with E-state index in [1.54, 1.807) is 6.26 Å². The highest BCUT2D eigenvalue weighted by Gasteiger charge is 2.39. The van der Waals surface area contributed by atoms with Crippen LogP contribution in [0.4, 0.5) is 0 Å². The fraction of sp³-hybridized carbons (Fsp3) is 0.750. The fourth-order valence-corrected chi connectivity index (χ4v) is 3.18. The van der Waals surface area contributed by atoms with Crippen LogP contribution in [0.5, 0.6) is 0 Å². The van der Waals surface area contributed by atoms with E-state index in [-0.39, 0.29) is 17.7 Å². The van der Waals surface area contributed by atoms with E-state index < -0.39 is 8.32 Å². The maximum Gasteiger partial charge on any atom is 0.193 e. The Morgan fingerprint density at radius 1 is 1.25 bits per heavy atom. The van der Waals surface area contributed by atoms with Crippen LogP contribution in [0.2, 0.25) is 18.1 Å². The van der Waals surface area contributed by atoms with Crippen LogP contribution in [-0.4, -0.2) is 20.0 Å². The molecule has 0 amide bonds. The van der Waals surface area contributed by atoms with Crippen molar-refractivity contribution >= 4 is 8.32 Å². The molecule has 0 saturated heterocycles. The largest absolute Gasteiger partial charge is 0.467 e. The van der Waals surface area contributed by atoms with Crippen LogP contribution in [0, 0.1) is 0 Å². The standard InChI is InChI=1S/C16H30O3Si/c1-16(2,3)20(4,5)19-15(10-7-6-8-12-17)14-11-9-13-18-14/h9,11,13,15,17H,6-8,10,12H2,1-5H3. The molecule has 20 heavy (non-hydrogen) atoms. The first-order valence-corrected chi connectivity index (χ1v) is 10.5. The summed E-state index contributed by atoms with van der Waals surface area (Å²) >= 11 is 0. The van der Waals surface area contributed by atoms with Gasteiger partial charge in [-0.1, -0.05) is 33.6 Å². The normalized spacial score (nSPS) is 14.5. The number of aliphatic hydroxyl groups excluding tert-OH is 1. The summed E-state index contributed by atoms with van der Waals surface area (Å²) in [5.74, 6) is 0.929. The molecule has 1 N–H and O–H groups in total. The average molecular weight is 298 g/mol. The summed E-state index contributed by atoms with van der Waals surface area (Å²) in [4.78, 5) is 0. The lowest BCUT2D eigenvalue weighted by Crippen LogP contribution is -2.41. The topological polar surface area (TPSA) is 42.6 Å². The fourth-order valence-electron chi connectivity index (χ4n) is 1.88. The molecule has 116 valence electrons. The molecule has 0 bridgehead atoms. The zero-order valence-electron chi connectivity index (χ0n) is 13.6. The van der Waals surface area contributed by atoms with Crippen LogP contribution in [-0.2, 0) is 4.43 Å². The van der Waals surface area contributed by atoms with Crippen molar-refractivity contribution in [2.45, 2.75) is 70.7 Å². The zero-order chi connectivity index (χ0) is 15.2. The van der Waals surface area contributed by atoms with Gasteiger partial charge in [-0.15, -0.1) is 0 Å². The molecular weight excluding hydrogens is 268 g/mol. The number of unbranched alkanes of at least 4 members (excludes halogenated alkanes) is 2. The van der Waals surface area contributed by atoms with Crippen LogP contribution in [0.15, 0.2) is 22.8 Å². The Morgan fingerprint density at radius 3 is 2.45 bits per heavy atom. The van der Waals surface area contributed by atoms with Gasteiger partial charge in [0, 0.05) is 6.61 Å². The Bertz CT molecular complexity index is 366. The number of aliphatic hydroxyl groups is 1. The van der Waals surface area contributed by atoms with Crippen molar-refractivity contribution in [3.8, 4) is 0 Å². The molecule has 0 fully saturated rings. The van der Waals surface area contributed by atoms with Gasteiger partial charge >= 0.3 is 0 Å². The van der Waals surface area contributed by atoms with E-state index in [2.05, 4.69) is 33.9 Å². The molecule has 1 rings (SSSR count). The summed E-state index contributed by atoms with van der Waals surface area (Å²) in [5.41, 5.74) is 0. The van der Waals surface area contributed by atoms with E-state index in [0.717, 1.165) is 31.4 Å². The van der Waals surface area contributed by atoms with Gasteiger partial charge in [0.15, 0.2) is 8.32 Å². The van der Waals surface area contributed by atoms with E-state index in [1.165, 1.54) is 0 Å². The SMILES string of the molecule is CC(C)(C)[Si](C)(C)OC(CCCCCO)c1ccco1. The van der Waals surface area contributed by atoms with Crippen LogP contribution in [0.1, 0.15) is 58.3 Å². The lowest BCUT2D eigenvalue weighted by molar-refractivity contribution is 0.143. The summed E-state index contributed by atoms with van der Waals surface area (Å²) in [6, 6.07) is 3.93. The number of rotatable bonds is 8. The van der Waals surface area contributed by atoms with Crippen LogP contribution in [0.25, 0.3) is 0 Å². The Labute approximate surface area is 124 Å². The zero-order valence-corrected chi connectivity index (χ0v) is 14.6. The van der Waals surface area contributed by atoms with E-state index in [0.29, 0.717) is 0 Å². The van der Waals surface area contributed by atoms with Gasteiger partial charge in [0.1, 0.15) is 11.9 Å². The van der Waals surface area contributed by atoms with E-state index in [4.69, 9.17) is 13.9 Å². The van der Waals surface area contributed by atoms with Crippen molar-refractivity contribution in [1.82, 2.24) is 0 Å². The van der Waals surface area contributed by atoms with Crippen molar-refractivity contribution < 1.29 is 13.9 Å². The third-order valence-corrected chi connectivity index (χ3v) is 8.71. The first-order valence-electron chi connectivity index (χ1n) is 7.60. The van der Waals surface area contributed by atoms with Crippen LogP contribution < -0.4 is 0 Å². The molecule has 0 saturated carbocycles. The molecule has 0 aliphatic heterocycles. The molecule has 3 nitrogen and oxygen atoms in total. The Hall–Kier alpha value is -0.583. The summed E-state index contributed by atoms with van der Waals surface area (Å²) < 4.78 is 12.1. The highest BCUT2D eigenvalue weighted by atomic mass is 28.4. The maximum atomic E-state index is 8.87. The number of hydrogen-bond acceptors (Lipinski definition) is 3. The molecular formula is C16H30O3Si. The highest BCUT2D eigenvalue weighted by Crippen LogP contribution is 2.40. The summed E-state index contributed by atoms with van der Waals surface area (Å²) in [5, 5.41) is 9.06. The second-order valence-electron chi connectivity index (χ2n) is 6.96. The van der Waals surface area contributed by atoms with Crippen molar-refractivity contribution in [1.29, 1.82) is 0 Å². The summed E-state index contributed by atoms with van der Waals surface area (Å²) in [6.07, 6.45) is 5.68. The lowest BCUT2D eigenvalue weighted by Gasteiger charge is -2.38. The van der Waals surface area contributed by atoms with Crippen LogP contribution in [0.3, 0.4) is 0 Å². The molecule has 1 aromatic rings. The monoisotopic (exact) mass is 298 g/mol. The van der Waals surface area contributed by atoms with Gasteiger partial charge in [-0.05, 0) is 43.1 Å². The molecule has 0 spiro atoms. The minimum Gasteiger partial charge on any atom is -0.467 e. The summed E-state index contributed by atoms with van der Waals surface area (Å²) in [6.45, 7) is 11.6. The third kappa shape index (κ3) is 5.07. The van der Waals surface area contributed by atoms with E-state index >= 15 is 0 Å². The van der Waals surface area contributed by atoms with Crippen molar-refractivity contribution in [2.24, 2.45) is 0 Å². The van der Waals surface area contributed by atoms with Gasteiger partial charge in [-0.2, -0.15) is 0 Å². The minimum atomic E-state index is -1.80. The van der Waals surface area contributed by atoms with E-state index in [9.17, 15) is 0 Å². The maximum absolute atomic E-state index is 8.87. The predicted octanol–water partition coefficient (Wildman–Crippen LogP) is 4.90. The molecule has 0 aliphatic carbocycles. The number of furan rings is 1. The van der Waals surface area contributed by atoms with Crippen LogP contribution >= 0.6 is 0 Å². The highest BCUT2D eigenvalue weighted by molar-refractivity contribution is 6.74. The second kappa shape index (κ2) is 7.43. The van der Waals surface area contributed by atoms with Crippen molar-refractivity contribution in [3.63, 3.8) is 0 Å². The minimum absolute atomic E-state index is 0.0459. The van der Waals surface area contributed by atoms with Crippen molar-refractivity contribution in [3.05, 3.63) is 24.2 Å². The van der Waals surface area contributed by atoms with Gasteiger partial charge in [-0.3, -0.25) is 0 Å². The molecule has 4 heteroatoms. The first-order chi connectivity index (χ1) is 9.28. The molecule has 1 heterocycles. The molecule has 1 aromatic heterocycles. The molecule has 1 atom stereocenters.